The van der Waals surface area contributed by atoms with Gasteiger partial charge in [-0.25, -0.2) is 0 Å². The minimum Gasteiger partial charge on any atom is -0.327 e. The van der Waals surface area contributed by atoms with Crippen molar-refractivity contribution in [3.8, 4) is 0 Å². The molecule has 1 aliphatic carbocycles. The van der Waals surface area contributed by atoms with Gasteiger partial charge in [-0.05, 0) is 25.7 Å². The van der Waals surface area contributed by atoms with Crippen molar-refractivity contribution in [3.05, 3.63) is 24.3 Å². The molecule has 1 aliphatic rings. The lowest BCUT2D eigenvalue weighted by Gasteiger charge is -2.05. The summed E-state index contributed by atoms with van der Waals surface area (Å²) in [6.07, 6.45) is 13.2. The molecule has 10 heavy (non-hydrogen) atoms. The first-order valence-corrected chi connectivity index (χ1v) is 3.97. The second-order valence-corrected chi connectivity index (χ2v) is 2.78. The van der Waals surface area contributed by atoms with Gasteiger partial charge >= 0.3 is 0 Å². The molecule has 0 spiro atoms. The van der Waals surface area contributed by atoms with Gasteiger partial charge in [0.15, 0.2) is 0 Å². The predicted molar refractivity (Wildman–Crippen MR) is 44.7 cm³/mol. The van der Waals surface area contributed by atoms with E-state index >= 15 is 0 Å². The molecule has 1 nitrogen and oxygen atoms in total. The van der Waals surface area contributed by atoms with Crippen molar-refractivity contribution in [2.24, 2.45) is 5.73 Å². The second-order valence-electron chi connectivity index (χ2n) is 2.78. The van der Waals surface area contributed by atoms with E-state index in [0.29, 0.717) is 6.04 Å². The highest BCUT2D eigenvalue weighted by molar-refractivity contribution is 5.04. The Bertz CT molecular complexity index is 136. The number of hydrogen-bond acceptors (Lipinski definition) is 1. The third-order valence-electron chi connectivity index (χ3n) is 1.77. The van der Waals surface area contributed by atoms with Gasteiger partial charge in [-0.1, -0.05) is 24.3 Å². The Kier molecular flexibility index (Phi) is 3.23. The summed E-state index contributed by atoms with van der Waals surface area (Å²) in [6.45, 7) is 0. The van der Waals surface area contributed by atoms with Crippen molar-refractivity contribution in [2.45, 2.75) is 31.7 Å². The van der Waals surface area contributed by atoms with E-state index in [0.717, 1.165) is 12.8 Å². The Labute approximate surface area is 62.6 Å². The van der Waals surface area contributed by atoms with Crippen LogP contribution < -0.4 is 5.73 Å². The quantitative estimate of drug-likeness (QED) is 0.543. The summed E-state index contributed by atoms with van der Waals surface area (Å²) in [4.78, 5) is 0. The first-order valence-electron chi connectivity index (χ1n) is 3.97. The van der Waals surface area contributed by atoms with Crippen LogP contribution in [0, 0.1) is 0 Å². The highest BCUT2D eigenvalue weighted by Crippen LogP contribution is 2.05. The molecule has 0 bridgehead atoms. The highest BCUT2D eigenvalue weighted by atomic mass is 14.6. The zero-order valence-electron chi connectivity index (χ0n) is 6.29. The SMILES string of the molecule is NC1C/C=C\C=C/CCC1. The van der Waals surface area contributed by atoms with Gasteiger partial charge in [0.05, 0.1) is 0 Å². The maximum atomic E-state index is 5.79. The number of nitrogens with two attached hydrogens (primary N) is 1. The molecular weight excluding hydrogens is 122 g/mol. The summed E-state index contributed by atoms with van der Waals surface area (Å²) in [7, 11) is 0. The summed E-state index contributed by atoms with van der Waals surface area (Å²) in [5, 5.41) is 0. The van der Waals surface area contributed by atoms with E-state index in [1.807, 2.05) is 0 Å². The van der Waals surface area contributed by atoms with Crippen LogP contribution in [0.4, 0.5) is 0 Å². The lowest BCUT2D eigenvalue weighted by molar-refractivity contribution is 0.594. The van der Waals surface area contributed by atoms with Gasteiger partial charge in [-0.3, -0.25) is 0 Å². The van der Waals surface area contributed by atoms with Gasteiger partial charge in [-0.2, -0.15) is 0 Å². The zero-order chi connectivity index (χ0) is 7.23. The Morgan fingerprint density at radius 1 is 1.20 bits per heavy atom. The standard InChI is InChI=1S/C9H15N/c10-9-7-5-3-1-2-4-6-8-9/h1-3,5,9H,4,6-8,10H2/b2-1-,5-3-. The van der Waals surface area contributed by atoms with E-state index < -0.39 is 0 Å². The number of rotatable bonds is 0. The fourth-order valence-corrected chi connectivity index (χ4v) is 1.12. The van der Waals surface area contributed by atoms with Crippen LogP contribution in [0.25, 0.3) is 0 Å². The molecule has 0 amide bonds. The lowest BCUT2D eigenvalue weighted by Crippen LogP contribution is -2.18. The first kappa shape index (κ1) is 7.55. The van der Waals surface area contributed by atoms with Crippen LogP contribution in [0.3, 0.4) is 0 Å². The molecule has 0 saturated carbocycles. The van der Waals surface area contributed by atoms with Gasteiger partial charge in [-0.15, -0.1) is 0 Å². The van der Waals surface area contributed by atoms with Gasteiger partial charge in [0.2, 0.25) is 0 Å². The molecule has 0 heterocycles. The molecule has 1 heteroatoms. The molecule has 1 rings (SSSR count). The van der Waals surface area contributed by atoms with E-state index in [1.165, 1.54) is 12.8 Å². The van der Waals surface area contributed by atoms with Crippen molar-refractivity contribution >= 4 is 0 Å². The minimum absolute atomic E-state index is 0.385. The maximum absolute atomic E-state index is 5.79. The number of allylic oxidation sites excluding steroid dienone is 3. The molecule has 1 unspecified atom stereocenters. The van der Waals surface area contributed by atoms with Crippen LogP contribution >= 0.6 is 0 Å². The Morgan fingerprint density at radius 2 is 2.00 bits per heavy atom. The van der Waals surface area contributed by atoms with Crippen molar-refractivity contribution in [2.75, 3.05) is 0 Å². The van der Waals surface area contributed by atoms with Gasteiger partial charge in [0.1, 0.15) is 0 Å². The Balaban J connectivity index is 2.37. The molecule has 1 atom stereocenters. The van der Waals surface area contributed by atoms with Gasteiger partial charge in [0, 0.05) is 6.04 Å². The molecule has 2 N–H and O–H groups in total. The van der Waals surface area contributed by atoms with E-state index in [9.17, 15) is 0 Å². The monoisotopic (exact) mass is 137 g/mol. The van der Waals surface area contributed by atoms with E-state index in [2.05, 4.69) is 24.3 Å². The second kappa shape index (κ2) is 4.29. The van der Waals surface area contributed by atoms with Crippen LogP contribution in [-0.2, 0) is 0 Å². The van der Waals surface area contributed by atoms with Crippen LogP contribution in [-0.4, -0.2) is 6.04 Å². The Hall–Kier alpha value is -0.560. The molecule has 0 saturated heterocycles. The largest absolute Gasteiger partial charge is 0.327 e. The molecule has 0 aromatic rings. The lowest BCUT2D eigenvalue weighted by atomic mass is 10.1. The number of hydrogen-bond donors (Lipinski definition) is 1. The summed E-state index contributed by atoms with van der Waals surface area (Å²) in [5.41, 5.74) is 5.79. The zero-order valence-corrected chi connectivity index (χ0v) is 6.29. The van der Waals surface area contributed by atoms with Crippen molar-refractivity contribution in [1.29, 1.82) is 0 Å². The molecule has 0 radical (unpaired) electrons. The minimum atomic E-state index is 0.385. The van der Waals surface area contributed by atoms with Crippen LogP contribution in [0.5, 0.6) is 0 Å². The molecule has 56 valence electrons. The summed E-state index contributed by atoms with van der Waals surface area (Å²) in [6, 6.07) is 0.385. The smallest absolute Gasteiger partial charge is 0.00736 e. The van der Waals surface area contributed by atoms with Crippen LogP contribution in [0.2, 0.25) is 0 Å². The highest BCUT2D eigenvalue weighted by Gasteiger charge is 1.98. The fourth-order valence-electron chi connectivity index (χ4n) is 1.12. The van der Waals surface area contributed by atoms with Crippen LogP contribution in [0.1, 0.15) is 25.7 Å². The molecule has 0 fully saturated rings. The average molecular weight is 137 g/mol. The topological polar surface area (TPSA) is 26.0 Å². The average Bonchev–Trinajstić information content (AvgIpc) is 2.02. The molecule has 0 aromatic heterocycles. The maximum Gasteiger partial charge on any atom is 0.00736 e. The summed E-state index contributed by atoms with van der Waals surface area (Å²) < 4.78 is 0. The normalized spacial score (nSPS) is 33.5. The molecule has 0 aliphatic heterocycles. The first-order chi connectivity index (χ1) is 4.89. The fraction of sp³-hybridized carbons (Fsp3) is 0.556. The van der Waals surface area contributed by atoms with E-state index in [-0.39, 0.29) is 0 Å². The van der Waals surface area contributed by atoms with Gasteiger partial charge in [0.25, 0.3) is 0 Å². The van der Waals surface area contributed by atoms with Gasteiger partial charge < -0.3 is 5.73 Å². The Morgan fingerprint density at radius 3 is 2.90 bits per heavy atom. The molecule has 0 aromatic carbocycles. The van der Waals surface area contributed by atoms with E-state index in [1.54, 1.807) is 0 Å². The summed E-state index contributed by atoms with van der Waals surface area (Å²) in [5.74, 6) is 0. The third-order valence-corrected chi connectivity index (χ3v) is 1.77. The van der Waals surface area contributed by atoms with E-state index in [4.69, 9.17) is 5.73 Å². The van der Waals surface area contributed by atoms with Crippen molar-refractivity contribution in [1.82, 2.24) is 0 Å². The predicted octanol–water partition coefficient (Wildman–Crippen LogP) is 2.00. The molecular formula is C9H15N. The van der Waals surface area contributed by atoms with Crippen molar-refractivity contribution < 1.29 is 0 Å². The van der Waals surface area contributed by atoms with Crippen LogP contribution in [0.15, 0.2) is 24.3 Å². The van der Waals surface area contributed by atoms with Crippen molar-refractivity contribution in [3.63, 3.8) is 0 Å². The summed E-state index contributed by atoms with van der Waals surface area (Å²) >= 11 is 0. The third kappa shape index (κ3) is 2.83.